The Morgan fingerprint density at radius 1 is 1.07 bits per heavy atom. The predicted molar refractivity (Wildman–Crippen MR) is 127 cm³/mol. The Bertz CT molecular complexity index is 782. The van der Waals surface area contributed by atoms with E-state index in [4.69, 9.17) is 4.99 Å². The molecular formula is C23H35N5OS. The molecule has 0 aliphatic carbocycles. The number of nitrogens with zero attached hydrogens (tertiary/aromatic N) is 3. The highest BCUT2D eigenvalue weighted by atomic mass is 32.1. The zero-order valence-corrected chi connectivity index (χ0v) is 19.6. The first-order valence-electron chi connectivity index (χ1n) is 10.6. The van der Waals surface area contributed by atoms with Crippen LogP contribution < -0.4 is 10.6 Å². The summed E-state index contributed by atoms with van der Waals surface area (Å²) in [5.74, 6) is 0.814. The molecule has 164 valence electrons. The largest absolute Gasteiger partial charge is 0.357 e. The van der Waals surface area contributed by atoms with E-state index in [2.05, 4.69) is 53.1 Å². The molecule has 1 amide bonds. The minimum atomic E-state index is 0.0101. The lowest BCUT2D eigenvalue weighted by Crippen LogP contribution is -2.43. The molecule has 1 heterocycles. The molecule has 0 spiro atoms. The fourth-order valence-electron chi connectivity index (χ4n) is 3.30. The van der Waals surface area contributed by atoms with Crippen LogP contribution in [0, 0.1) is 0 Å². The summed E-state index contributed by atoms with van der Waals surface area (Å²) in [6.45, 7) is 10.6. The third kappa shape index (κ3) is 6.85. The quantitative estimate of drug-likeness (QED) is 0.448. The number of rotatable bonds is 10. The normalized spacial score (nSPS) is 12.7. The summed E-state index contributed by atoms with van der Waals surface area (Å²) < 4.78 is 0. The number of amides is 1. The van der Waals surface area contributed by atoms with Gasteiger partial charge in [-0.25, -0.2) is 4.99 Å². The van der Waals surface area contributed by atoms with Crippen molar-refractivity contribution in [3.05, 3.63) is 57.8 Å². The summed E-state index contributed by atoms with van der Waals surface area (Å²) in [6, 6.07) is 10.2. The van der Waals surface area contributed by atoms with Crippen LogP contribution in [0.3, 0.4) is 0 Å². The van der Waals surface area contributed by atoms with Crippen molar-refractivity contribution >= 4 is 23.2 Å². The van der Waals surface area contributed by atoms with Crippen LogP contribution in [0.4, 0.5) is 0 Å². The Balaban J connectivity index is 2.05. The molecule has 0 fully saturated rings. The van der Waals surface area contributed by atoms with E-state index in [1.54, 1.807) is 30.3 Å². The molecule has 0 aliphatic rings. The van der Waals surface area contributed by atoms with Crippen LogP contribution in [0.5, 0.6) is 0 Å². The zero-order valence-electron chi connectivity index (χ0n) is 18.8. The molecule has 2 rings (SSSR count). The number of benzene rings is 1. The first-order chi connectivity index (χ1) is 14.5. The van der Waals surface area contributed by atoms with Crippen LogP contribution in [0.25, 0.3) is 0 Å². The second-order valence-electron chi connectivity index (χ2n) is 7.27. The van der Waals surface area contributed by atoms with Gasteiger partial charge >= 0.3 is 0 Å². The number of thiophene rings is 1. The molecule has 2 aromatic rings. The second-order valence-corrected chi connectivity index (χ2v) is 8.05. The molecule has 0 saturated carbocycles. The summed E-state index contributed by atoms with van der Waals surface area (Å²) in [5.41, 5.74) is 3.10. The summed E-state index contributed by atoms with van der Waals surface area (Å²) in [4.78, 5) is 20.8. The number of guanidine groups is 1. The van der Waals surface area contributed by atoms with Crippen molar-refractivity contribution in [2.24, 2.45) is 4.99 Å². The smallest absolute Gasteiger partial charge is 0.253 e. The molecule has 1 aromatic heterocycles. The maximum absolute atomic E-state index is 12.0. The Morgan fingerprint density at radius 2 is 1.77 bits per heavy atom. The van der Waals surface area contributed by atoms with Gasteiger partial charge in [-0.05, 0) is 60.1 Å². The number of hydrogen-bond acceptors (Lipinski definition) is 4. The molecule has 6 nitrogen and oxygen atoms in total. The molecule has 0 radical (unpaired) electrons. The standard InChI is InChI=1S/C23H35N5OS/c1-6-24-23(25-15-18-9-11-19(12-10-18)22(29)27(4)5)26-16-21(28(7-2)8-3)20-13-14-30-17-20/h9-14,17,21H,6-8,15-16H2,1-5H3,(H2,24,25,26). The van der Waals surface area contributed by atoms with Crippen LogP contribution in [0.1, 0.15) is 48.3 Å². The van der Waals surface area contributed by atoms with Crippen LogP contribution in [0.2, 0.25) is 0 Å². The number of likely N-dealkylation sites (N-methyl/N-ethyl adjacent to an activating group) is 1. The first-order valence-corrected chi connectivity index (χ1v) is 11.5. The molecule has 0 saturated heterocycles. The lowest BCUT2D eigenvalue weighted by molar-refractivity contribution is 0.0827. The molecule has 1 atom stereocenters. The van der Waals surface area contributed by atoms with Gasteiger partial charge < -0.3 is 15.5 Å². The highest BCUT2D eigenvalue weighted by molar-refractivity contribution is 7.07. The fourth-order valence-corrected chi connectivity index (χ4v) is 4.01. The molecule has 7 heteroatoms. The van der Waals surface area contributed by atoms with E-state index >= 15 is 0 Å². The number of aliphatic imine (C=N–C) groups is 1. The van der Waals surface area contributed by atoms with E-state index in [1.807, 2.05) is 24.3 Å². The third-order valence-corrected chi connectivity index (χ3v) is 5.72. The topological polar surface area (TPSA) is 60.0 Å². The summed E-state index contributed by atoms with van der Waals surface area (Å²) in [5, 5.41) is 11.2. The van der Waals surface area contributed by atoms with Crippen molar-refractivity contribution < 1.29 is 4.79 Å². The van der Waals surface area contributed by atoms with E-state index in [9.17, 15) is 4.79 Å². The number of carbonyl (C=O) groups is 1. The number of nitrogens with one attached hydrogen (secondary N) is 2. The Labute approximate surface area is 185 Å². The minimum Gasteiger partial charge on any atom is -0.357 e. The maximum atomic E-state index is 12.0. The van der Waals surface area contributed by atoms with Gasteiger partial charge in [0.25, 0.3) is 5.91 Å². The summed E-state index contributed by atoms with van der Waals surface area (Å²) in [7, 11) is 3.52. The Kier molecular flexibility index (Phi) is 9.83. The number of hydrogen-bond donors (Lipinski definition) is 2. The van der Waals surface area contributed by atoms with Crippen LogP contribution >= 0.6 is 11.3 Å². The van der Waals surface area contributed by atoms with Crippen molar-refractivity contribution in [3.63, 3.8) is 0 Å². The van der Waals surface area contributed by atoms with Gasteiger partial charge in [0.1, 0.15) is 0 Å². The monoisotopic (exact) mass is 429 g/mol. The molecule has 2 N–H and O–H groups in total. The lowest BCUT2D eigenvalue weighted by Gasteiger charge is -2.30. The Morgan fingerprint density at radius 3 is 2.30 bits per heavy atom. The van der Waals surface area contributed by atoms with Crippen LogP contribution in [0.15, 0.2) is 46.1 Å². The molecule has 0 aliphatic heterocycles. The number of carbonyl (C=O) groups excluding carboxylic acids is 1. The SMILES string of the molecule is CCNC(=NCc1ccc(C(=O)N(C)C)cc1)NCC(c1ccsc1)N(CC)CC. The van der Waals surface area contributed by atoms with Gasteiger partial charge in [0.15, 0.2) is 5.96 Å². The molecule has 30 heavy (non-hydrogen) atoms. The molecule has 0 bridgehead atoms. The Hall–Kier alpha value is -2.38. The van der Waals surface area contributed by atoms with Crippen LogP contribution in [-0.2, 0) is 6.54 Å². The van der Waals surface area contributed by atoms with Crippen molar-refractivity contribution in [3.8, 4) is 0 Å². The van der Waals surface area contributed by atoms with Gasteiger partial charge in [-0.2, -0.15) is 11.3 Å². The fraction of sp³-hybridized carbons (Fsp3) is 0.478. The van der Waals surface area contributed by atoms with E-state index in [1.165, 1.54) is 5.56 Å². The van der Waals surface area contributed by atoms with Crippen molar-refractivity contribution in [2.75, 3.05) is 40.3 Å². The summed E-state index contributed by atoms with van der Waals surface area (Å²) >= 11 is 1.74. The maximum Gasteiger partial charge on any atom is 0.253 e. The first kappa shape index (κ1) is 23.9. The zero-order chi connectivity index (χ0) is 21.9. The third-order valence-electron chi connectivity index (χ3n) is 5.01. The average Bonchev–Trinajstić information content (AvgIpc) is 3.29. The van der Waals surface area contributed by atoms with E-state index < -0.39 is 0 Å². The molecular weight excluding hydrogens is 394 g/mol. The van der Waals surface area contributed by atoms with Gasteiger partial charge in [0.2, 0.25) is 0 Å². The predicted octanol–water partition coefficient (Wildman–Crippen LogP) is 3.59. The van der Waals surface area contributed by atoms with Gasteiger partial charge in [0.05, 0.1) is 12.6 Å². The minimum absolute atomic E-state index is 0.0101. The lowest BCUT2D eigenvalue weighted by atomic mass is 10.1. The van der Waals surface area contributed by atoms with Crippen LogP contribution in [-0.4, -0.2) is 61.9 Å². The van der Waals surface area contributed by atoms with Crippen molar-refractivity contribution in [1.29, 1.82) is 0 Å². The average molecular weight is 430 g/mol. The van der Waals surface area contributed by atoms with Gasteiger partial charge in [-0.1, -0.05) is 26.0 Å². The van der Waals surface area contributed by atoms with E-state index in [0.29, 0.717) is 18.2 Å². The molecule has 1 aromatic carbocycles. The van der Waals surface area contributed by atoms with Gasteiger partial charge in [-0.15, -0.1) is 0 Å². The van der Waals surface area contributed by atoms with Crippen molar-refractivity contribution in [1.82, 2.24) is 20.4 Å². The van der Waals surface area contributed by atoms with Gasteiger partial charge in [-0.3, -0.25) is 9.69 Å². The highest BCUT2D eigenvalue weighted by Gasteiger charge is 2.18. The summed E-state index contributed by atoms with van der Waals surface area (Å²) in [6.07, 6.45) is 0. The highest BCUT2D eigenvalue weighted by Crippen LogP contribution is 2.22. The van der Waals surface area contributed by atoms with E-state index in [-0.39, 0.29) is 5.91 Å². The second kappa shape index (κ2) is 12.3. The molecule has 1 unspecified atom stereocenters. The van der Waals surface area contributed by atoms with Crippen molar-refractivity contribution in [2.45, 2.75) is 33.4 Å². The van der Waals surface area contributed by atoms with Gasteiger partial charge in [0, 0.05) is 32.7 Å². The van der Waals surface area contributed by atoms with E-state index in [0.717, 1.165) is 37.7 Å².